The monoisotopic (exact) mass is 267 g/mol. The summed E-state index contributed by atoms with van der Waals surface area (Å²) in [6.45, 7) is 1.97. The van der Waals surface area contributed by atoms with Crippen LogP contribution in [0.5, 0.6) is 0 Å². The maximum absolute atomic E-state index is 6.26. The largest absolute Gasteiger partial charge is 0.0637 e. The fourth-order valence-corrected chi connectivity index (χ4v) is 3.99. The number of hydrogen-bond donors (Lipinski definition) is 0. The number of fused-ring (bicyclic) bond motifs is 3. The average Bonchev–Trinajstić information content (AvgIpc) is 2.78. The minimum absolute atomic E-state index is 0.192. The van der Waals surface area contributed by atoms with Crippen molar-refractivity contribution in [2.24, 2.45) is 0 Å². The van der Waals surface area contributed by atoms with Crippen LogP contribution in [0.4, 0.5) is 0 Å². The second-order valence-corrected chi connectivity index (χ2v) is 6.17. The lowest BCUT2D eigenvalue weighted by atomic mass is 8.66. The first-order valence-electron chi connectivity index (χ1n) is 7.53. The smallest absolute Gasteiger partial charge is 0.0619 e. The molecule has 2 aromatic rings. The fraction of sp³-hybridized carbons (Fsp3) is 0.143. The van der Waals surface area contributed by atoms with Gasteiger partial charge in [0.05, 0.1) is 6.49 Å². The van der Waals surface area contributed by atoms with Crippen molar-refractivity contribution in [3.8, 4) is 11.1 Å². The Kier molecular flexibility index (Phi) is 4.23. The molecule has 2 aromatic carbocycles. The first-order valence-corrected chi connectivity index (χ1v) is 7.53. The van der Waals surface area contributed by atoms with Crippen LogP contribution in [0.1, 0.15) is 18.1 Å². The second kappa shape index (κ2) is 5.87. The van der Waals surface area contributed by atoms with E-state index >= 15 is 0 Å². The van der Waals surface area contributed by atoms with E-state index in [9.17, 15) is 0 Å². The third kappa shape index (κ3) is 2.18. The Hall–Kier alpha value is -1.04. The van der Waals surface area contributed by atoms with E-state index in [0.29, 0.717) is 0 Å². The predicted octanol–water partition coefficient (Wildman–Crippen LogP) is 0.433. The van der Waals surface area contributed by atoms with Gasteiger partial charge in [0.25, 0.3) is 0 Å². The Morgan fingerprint density at radius 3 is 1.73 bits per heavy atom. The van der Waals surface area contributed by atoms with Crippen LogP contribution in [0.25, 0.3) is 11.1 Å². The van der Waals surface area contributed by atoms with Crippen LogP contribution in [-0.4, -0.2) is 57.3 Å². The minimum atomic E-state index is -0.570. The Bertz CT molecular complexity index is 641. The van der Waals surface area contributed by atoms with Crippen LogP contribution in [0.15, 0.2) is 48.5 Å². The van der Waals surface area contributed by atoms with Gasteiger partial charge in [-0.05, 0) is 27.6 Å². The van der Waals surface area contributed by atoms with E-state index in [1.807, 2.05) is 24.3 Å². The van der Waals surface area contributed by atoms with Crippen LogP contribution in [-0.2, 0) is 5.31 Å². The topological polar surface area (TPSA) is 0 Å². The summed E-state index contributed by atoms with van der Waals surface area (Å²) in [5.41, 5.74) is 4.85. The van der Waals surface area contributed by atoms with E-state index in [1.165, 1.54) is 29.3 Å². The molecular weight excluding hydrogens is 255 g/mol. The Morgan fingerprint density at radius 2 is 1.32 bits per heavy atom. The van der Waals surface area contributed by atoms with Crippen LogP contribution in [0.3, 0.4) is 0 Å². The first-order chi connectivity index (χ1) is 10.5. The first kappa shape index (κ1) is 15.8. The second-order valence-electron chi connectivity index (χ2n) is 6.17. The summed E-state index contributed by atoms with van der Waals surface area (Å²) in [6, 6.07) is 16.7. The molecule has 0 atom stereocenters. The molecule has 0 N–H and O–H groups in total. The van der Waals surface area contributed by atoms with Crippen molar-refractivity contribution >= 4 is 57.3 Å². The molecule has 0 spiro atoms. The van der Waals surface area contributed by atoms with Crippen LogP contribution < -0.4 is 0 Å². The summed E-state index contributed by atoms with van der Waals surface area (Å²) in [5.74, 6) is 0. The van der Waals surface area contributed by atoms with Crippen molar-refractivity contribution in [3.05, 3.63) is 59.7 Å². The molecule has 3 rings (SSSR count). The van der Waals surface area contributed by atoms with Gasteiger partial charge in [-0.1, -0.05) is 55.5 Å². The van der Waals surface area contributed by atoms with Crippen molar-refractivity contribution in [2.75, 3.05) is 0 Å². The van der Waals surface area contributed by atoms with Gasteiger partial charge in [-0.2, -0.15) is 0 Å². The lowest BCUT2D eigenvalue weighted by Gasteiger charge is -2.40. The van der Waals surface area contributed by atoms with Gasteiger partial charge < -0.3 is 0 Å². The quantitative estimate of drug-likeness (QED) is 0.704. The van der Waals surface area contributed by atoms with E-state index in [4.69, 9.17) is 30.9 Å². The molecule has 91 valence electrons. The molecule has 0 aromatic heterocycles. The van der Waals surface area contributed by atoms with Gasteiger partial charge in [0.15, 0.2) is 0 Å². The van der Waals surface area contributed by atoms with Gasteiger partial charge in [-0.3, -0.25) is 0 Å². The Morgan fingerprint density at radius 1 is 0.864 bits per heavy atom. The third-order valence-corrected chi connectivity index (χ3v) is 4.98. The van der Waals surface area contributed by atoms with Crippen molar-refractivity contribution < 1.29 is 0 Å². The van der Waals surface area contributed by atoms with Crippen molar-refractivity contribution in [1.82, 2.24) is 0 Å². The van der Waals surface area contributed by atoms with Gasteiger partial charge >= 0.3 is 0 Å². The molecule has 9 radical (unpaired) electrons. The molecule has 1 aliphatic rings. The SMILES string of the molecule is [B][B]B([B])B(B([B])[B])C1(C)c2ccccc2-c2ccccc21. The molecule has 0 saturated carbocycles. The van der Waals surface area contributed by atoms with Gasteiger partial charge in [0.1, 0.15) is 0 Å². The van der Waals surface area contributed by atoms with E-state index in [2.05, 4.69) is 31.2 Å². The Balaban J connectivity index is 2.28. The molecule has 0 aliphatic heterocycles. The summed E-state index contributed by atoms with van der Waals surface area (Å²) in [7, 11) is 25.7. The van der Waals surface area contributed by atoms with E-state index < -0.39 is 6.39 Å². The average molecular weight is 266 g/mol. The molecule has 0 unspecified atom stereocenters. The summed E-state index contributed by atoms with van der Waals surface area (Å²) in [5, 5.41) is -0.364. The highest BCUT2D eigenvalue weighted by atomic mass is 14.3. The van der Waals surface area contributed by atoms with Crippen LogP contribution in [0.2, 0.25) is 0 Å². The lowest BCUT2D eigenvalue weighted by molar-refractivity contribution is 0.839. The maximum atomic E-state index is 6.26. The van der Waals surface area contributed by atoms with Crippen LogP contribution >= 0.6 is 0 Å². The summed E-state index contributed by atoms with van der Waals surface area (Å²) < 4.78 is 0. The third-order valence-electron chi connectivity index (χ3n) is 4.98. The maximum Gasteiger partial charge on any atom is 0.0637 e. The summed E-state index contributed by atoms with van der Waals surface area (Å²) in [4.78, 5) is 0. The highest BCUT2D eigenvalue weighted by Crippen LogP contribution is 2.50. The summed E-state index contributed by atoms with van der Waals surface area (Å²) in [6.07, 6.45) is -0.955. The van der Waals surface area contributed by atoms with Gasteiger partial charge in [-0.25, -0.2) is 0 Å². The number of rotatable bonds is 4. The van der Waals surface area contributed by atoms with Crippen molar-refractivity contribution in [3.63, 3.8) is 0 Å². The zero-order valence-corrected chi connectivity index (χ0v) is 12.7. The van der Waals surface area contributed by atoms with Crippen molar-refractivity contribution in [1.29, 1.82) is 0 Å². The van der Waals surface area contributed by atoms with Crippen LogP contribution in [0, 0.1) is 0 Å². The zero-order valence-electron chi connectivity index (χ0n) is 12.7. The molecule has 22 heavy (non-hydrogen) atoms. The van der Waals surface area contributed by atoms with E-state index in [1.54, 1.807) is 0 Å². The zero-order chi connectivity index (χ0) is 15.9. The van der Waals surface area contributed by atoms with Gasteiger partial charge in [0.2, 0.25) is 0 Å². The molecule has 0 amide bonds. The predicted molar refractivity (Wildman–Crippen MR) is 104 cm³/mol. The molecule has 0 nitrogen and oxygen atoms in total. The molecule has 8 heteroatoms. The molecular formula is C14H11B8. The lowest BCUT2D eigenvalue weighted by Crippen LogP contribution is -2.64. The number of benzene rings is 2. The summed E-state index contributed by atoms with van der Waals surface area (Å²) >= 11 is 0. The molecule has 0 saturated heterocycles. The molecule has 1 aliphatic carbocycles. The van der Waals surface area contributed by atoms with Gasteiger partial charge in [-0.15, -0.1) is 0 Å². The fourth-order valence-electron chi connectivity index (χ4n) is 3.99. The highest BCUT2D eigenvalue weighted by Gasteiger charge is 2.48. The van der Waals surface area contributed by atoms with Crippen molar-refractivity contribution in [2.45, 2.75) is 12.2 Å². The minimum Gasteiger partial charge on any atom is -0.0619 e. The standard InChI is InChI=1S/C14H11B8/c1-14(20(21(16)17)22(18)19-15)12-8-4-2-6-10(12)11-7-3-5-9-13(11)14/h2-9H,1H3. The van der Waals surface area contributed by atoms with E-state index in [0.717, 1.165) is 0 Å². The van der Waals surface area contributed by atoms with Gasteiger partial charge in [0, 0.05) is 50.8 Å². The number of hydrogen-bond acceptors (Lipinski definition) is 0. The Labute approximate surface area is 140 Å². The molecule has 0 bridgehead atoms. The van der Waals surface area contributed by atoms with E-state index in [-0.39, 0.29) is 18.2 Å². The molecule has 0 heterocycles. The molecule has 0 fully saturated rings. The normalized spacial score (nSPS) is 13.9. The highest BCUT2D eigenvalue weighted by molar-refractivity contribution is 7.85.